The van der Waals surface area contributed by atoms with Crippen LogP contribution in [-0.2, 0) is 16.1 Å². The predicted molar refractivity (Wildman–Crippen MR) is 153 cm³/mol. The molecule has 1 aromatic rings. The van der Waals surface area contributed by atoms with Gasteiger partial charge in [-0.1, -0.05) is 12.1 Å². The largest absolute Gasteiger partial charge is 0.315 e. The summed E-state index contributed by atoms with van der Waals surface area (Å²) in [5.74, 6) is -0.587. The molecular weight excluding hydrogens is 482 g/mol. The molecule has 0 unspecified atom stereocenters. The highest BCUT2D eigenvalue weighted by Gasteiger charge is 2.27. The van der Waals surface area contributed by atoms with Gasteiger partial charge in [0.15, 0.2) is 0 Å². The van der Waals surface area contributed by atoms with Crippen molar-refractivity contribution in [3.05, 3.63) is 42.0 Å². The molecule has 0 aliphatic carbocycles. The van der Waals surface area contributed by atoms with Gasteiger partial charge in [-0.25, -0.2) is 4.90 Å². The number of nitrogens with one attached hydrogen (secondary N) is 8. The Bertz CT molecular complexity index is 831. The molecule has 2 amide bonds. The highest BCUT2D eigenvalue weighted by atomic mass is 16.2. The van der Waals surface area contributed by atoms with E-state index in [9.17, 15) is 9.59 Å². The van der Waals surface area contributed by atoms with Gasteiger partial charge in [0, 0.05) is 90.7 Å². The van der Waals surface area contributed by atoms with Gasteiger partial charge in [-0.2, -0.15) is 0 Å². The van der Waals surface area contributed by atoms with E-state index in [0.717, 1.165) is 104 Å². The minimum Gasteiger partial charge on any atom is -0.315 e. The summed E-state index contributed by atoms with van der Waals surface area (Å²) in [5.41, 5.74) is 1.66. The molecule has 0 saturated carbocycles. The zero-order valence-corrected chi connectivity index (χ0v) is 22.8. The third-order valence-corrected chi connectivity index (χ3v) is 6.87. The Morgan fingerprint density at radius 2 is 1.29 bits per heavy atom. The van der Waals surface area contributed by atoms with E-state index in [1.165, 1.54) is 17.1 Å². The molecule has 2 aliphatic rings. The average molecular weight is 530 g/mol. The van der Waals surface area contributed by atoms with Crippen LogP contribution < -0.4 is 47.4 Å². The maximum atomic E-state index is 11.8. The predicted octanol–water partition coefficient (Wildman–Crippen LogP) is -1.89. The number of likely N-dealkylation sites (N-methyl/N-ethyl adjacent to an activating group) is 1. The van der Waals surface area contributed by atoms with Gasteiger partial charge < -0.3 is 42.5 Å². The van der Waals surface area contributed by atoms with Gasteiger partial charge in [0.05, 0.1) is 11.2 Å². The summed E-state index contributed by atoms with van der Waals surface area (Å²) in [6.07, 6.45) is 3.76. The smallest absolute Gasteiger partial charge is 0.258 e. The van der Waals surface area contributed by atoms with Crippen molar-refractivity contribution in [3.63, 3.8) is 0 Å². The van der Waals surface area contributed by atoms with Crippen LogP contribution in [0.4, 0.5) is 5.69 Å². The highest BCUT2D eigenvalue weighted by Crippen LogP contribution is 2.19. The van der Waals surface area contributed by atoms with Crippen molar-refractivity contribution in [3.8, 4) is 0 Å². The molecule has 11 heteroatoms. The number of hydrogen-bond acceptors (Lipinski definition) is 10. The van der Waals surface area contributed by atoms with E-state index in [4.69, 9.17) is 0 Å². The average Bonchev–Trinajstić information content (AvgIpc) is 3.27. The zero-order chi connectivity index (χ0) is 26.9. The quantitative estimate of drug-likeness (QED) is 0.115. The highest BCUT2D eigenvalue weighted by molar-refractivity contribution is 6.28. The standard InChI is InChI=1S/C27H47N9O2/c1-28-27(20-33-16-12-29-9-2-10-30-13-17-34-21-27)22-35-18-14-31-11-15-32-19-23-3-5-24(6-4-23)36-25(37)7-8-26(36)38/h3-8,28-35H,2,9-22H2,1H3. The maximum Gasteiger partial charge on any atom is 0.258 e. The molecule has 1 fully saturated rings. The minimum atomic E-state index is -0.293. The molecule has 0 spiro atoms. The van der Waals surface area contributed by atoms with E-state index < -0.39 is 0 Å². The Balaban J connectivity index is 1.26. The van der Waals surface area contributed by atoms with Crippen molar-refractivity contribution in [1.29, 1.82) is 0 Å². The molecule has 11 nitrogen and oxygen atoms in total. The third kappa shape index (κ3) is 10.5. The molecule has 2 aliphatic heterocycles. The summed E-state index contributed by atoms with van der Waals surface area (Å²) in [4.78, 5) is 24.8. The number of nitrogens with zero attached hydrogens (tertiary/aromatic N) is 1. The molecule has 1 aromatic carbocycles. The molecule has 0 bridgehead atoms. The van der Waals surface area contributed by atoms with Crippen LogP contribution in [0.2, 0.25) is 0 Å². The SMILES string of the molecule is CNC1(CNCCNCCNCc2ccc(N3C(=O)C=CC3=O)cc2)CNCCNCCCNCCNC1. The first kappa shape index (κ1) is 30.3. The Kier molecular flexibility index (Phi) is 13.9. The van der Waals surface area contributed by atoms with E-state index in [0.29, 0.717) is 5.69 Å². The van der Waals surface area contributed by atoms with Crippen LogP contribution >= 0.6 is 0 Å². The monoisotopic (exact) mass is 529 g/mol. The summed E-state index contributed by atoms with van der Waals surface area (Å²) in [6, 6.07) is 7.51. The lowest BCUT2D eigenvalue weighted by molar-refractivity contribution is -0.119. The fourth-order valence-corrected chi connectivity index (χ4v) is 4.51. The second kappa shape index (κ2) is 17.4. The lowest BCUT2D eigenvalue weighted by Crippen LogP contribution is -2.63. The number of amides is 2. The lowest BCUT2D eigenvalue weighted by atomic mass is 9.99. The first-order valence-corrected chi connectivity index (χ1v) is 13.9. The van der Waals surface area contributed by atoms with Gasteiger partial charge in [0.1, 0.15) is 0 Å². The Morgan fingerprint density at radius 1 is 0.737 bits per heavy atom. The van der Waals surface area contributed by atoms with E-state index in [1.54, 1.807) is 0 Å². The second-order valence-electron chi connectivity index (χ2n) is 9.85. The van der Waals surface area contributed by atoms with Crippen molar-refractivity contribution < 1.29 is 9.59 Å². The molecule has 0 radical (unpaired) electrons. The number of hydrogen-bond donors (Lipinski definition) is 8. The number of carbonyl (C=O) groups excluding carboxylic acids is 2. The van der Waals surface area contributed by atoms with E-state index >= 15 is 0 Å². The fourth-order valence-electron chi connectivity index (χ4n) is 4.51. The van der Waals surface area contributed by atoms with Gasteiger partial charge in [-0.05, 0) is 44.3 Å². The van der Waals surface area contributed by atoms with Gasteiger partial charge >= 0.3 is 0 Å². The summed E-state index contributed by atoms with van der Waals surface area (Å²) in [5, 5.41) is 28.3. The summed E-state index contributed by atoms with van der Waals surface area (Å²) in [7, 11) is 2.05. The topological polar surface area (TPSA) is 134 Å². The molecule has 38 heavy (non-hydrogen) atoms. The van der Waals surface area contributed by atoms with Crippen LogP contribution in [0.5, 0.6) is 0 Å². The van der Waals surface area contributed by atoms with Crippen LogP contribution in [0.25, 0.3) is 0 Å². The minimum absolute atomic E-state index is 0.0485. The molecule has 212 valence electrons. The van der Waals surface area contributed by atoms with Crippen molar-refractivity contribution in [2.24, 2.45) is 0 Å². The first-order valence-electron chi connectivity index (χ1n) is 13.9. The number of rotatable bonds is 12. The molecular formula is C27H47N9O2. The zero-order valence-electron chi connectivity index (χ0n) is 22.8. The number of imide groups is 1. The number of benzene rings is 1. The van der Waals surface area contributed by atoms with Crippen LogP contribution in [0, 0.1) is 0 Å². The third-order valence-electron chi connectivity index (χ3n) is 6.87. The first-order chi connectivity index (χ1) is 18.6. The number of anilines is 1. The van der Waals surface area contributed by atoms with Crippen LogP contribution in [0.15, 0.2) is 36.4 Å². The van der Waals surface area contributed by atoms with Gasteiger partial charge in [-0.3, -0.25) is 9.59 Å². The van der Waals surface area contributed by atoms with Crippen LogP contribution in [0.1, 0.15) is 12.0 Å². The Hall–Kier alpha value is -2.22. The van der Waals surface area contributed by atoms with Crippen molar-refractivity contribution in [2.75, 3.05) is 97.0 Å². The molecule has 8 N–H and O–H groups in total. The molecule has 2 heterocycles. The molecule has 1 saturated heterocycles. The van der Waals surface area contributed by atoms with E-state index in [2.05, 4.69) is 42.5 Å². The summed E-state index contributed by atoms with van der Waals surface area (Å²) < 4.78 is 0. The molecule has 3 rings (SSSR count). The van der Waals surface area contributed by atoms with E-state index in [1.807, 2.05) is 31.3 Å². The lowest BCUT2D eigenvalue weighted by Gasteiger charge is -2.35. The van der Waals surface area contributed by atoms with Gasteiger partial charge in [0.2, 0.25) is 0 Å². The van der Waals surface area contributed by atoms with Crippen LogP contribution in [-0.4, -0.2) is 109 Å². The second-order valence-corrected chi connectivity index (χ2v) is 9.85. The normalized spacial score (nSPS) is 19.6. The van der Waals surface area contributed by atoms with Crippen molar-refractivity contribution >= 4 is 17.5 Å². The summed E-state index contributed by atoms with van der Waals surface area (Å²) >= 11 is 0. The van der Waals surface area contributed by atoms with Gasteiger partial charge in [0.25, 0.3) is 11.8 Å². The van der Waals surface area contributed by atoms with E-state index in [-0.39, 0.29) is 17.4 Å². The van der Waals surface area contributed by atoms with Crippen LogP contribution in [0.3, 0.4) is 0 Å². The Labute approximate surface area is 227 Å². The Morgan fingerprint density at radius 3 is 1.89 bits per heavy atom. The molecule has 0 aromatic heterocycles. The number of carbonyl (C=O) groups is 2. The van der Waals surface area contributed by atoms with Crippen molar-refractivity contribution in [2.45, 2.75) is 18.5 Å². The summed E-state index contributed by atoms with van der Waals surface area (Å²) in [6.45, 7) is 13.0. The fraction of sp³-hybridized carbons (Fsp3) is 0.630. The van der Waals surface area contributed by atoms with Gasteiger partial charge in [-0.15, -0.1) is 0 Å². The van der Waals surface area contributed by atoms with Crippen molar-refractivity contribution in [1.82, 2.24) is 42.5 Å². The molecule has 0 atom stereocenters. The maximum absolute atomic E-state index is 11.8.